The molecule has 1 N–H and O–H groups in total. The SMILES string of the molecule is CC(=O)[C@@H]1C2CC(=O)C(c3cc(O)ccc32)[C@H]1C(C)=O. The molecule has 1 fully saturated rings. The third-order valence-electron chi connectivity index (χ3n) is 4.69. The molecule has 2 bridgehead atoms. The van der Waals surface area contributed by atoms with E-state index in [1.165, 1.54) is 13.8 Å². The number of carbonyl (C=O) groups excluding carboxylic acids is 3. The van der Waals surface area contributed by atoms with Gasteiger partial charge in [0.15, 0.2) is 0 Å². The Balaban J connectivity index is 2.24. The number of hydrogen-bond acceptors (Lipinski definition) is 4. The standard InChI is InChI=1S/C16H16O4/c1-7(17)14-12-6-13(20)16(15(14)8(2)18)11-5-9(19)3-4-10(11)12/h3-5,12,14-16,19H,6H2,1-2H3/t12?,14-,15+,16?/m1/s1. The van der Waals surface area contributed by atoms with Crippen molar-refractivity contribution in [3.05, 3.63) is 29.3 Å². The van der Waals surface area contributed by atoms with Gasteiger partial charge in [0.1, 0.15) is 23.1 Å². The van der Waals surface area contributed by atoms with E-state index in [4.69, 9.17) is 0 Å². The number of phenols is 1. The lowest BCUT2D eigenvalue weighted by atomic mass is 9.54. The largest absolute Gasteiger partial charge is 0.508 e. The molecule has 2 unspecified atom stereocenters. The molecule has 3 aliphatic carbocycles. The van der Waals surface area contributed by atoms with Gasteiger partial charge in [-0.05, 0) is 37.1 Å². The summed E-state index contributed by atoms with van der Waals surface area (Å²) >= 11 is 0. The predicted octanol–water partition coefficient (Wildman–Crippen LogP) is 1.96. The number of fused-ring (bicyclic) bond motifs is 2. The maximum atomic E-state index is 12.3. The molecule has 20 heavy (non-hydrogen) atoms. The maximum Gasteiger partial charge on any atom is 0.141 e. The van der Waals surface area contributed by atoms with Gasteiger partial charge in [0.05, 0.1) is 5.92 Å². The first-order valence-corrected chi connectivity index (χ1v) is 6.78. The third kappa shape index (κ3) is 1.64. The number of hydrogen-bond donors (Lipinski definition) is 1. The lowest BCUT2D eigenvalue weighted by Crippen LogP contribution is -2.48. The minimum Gasteiger partial charge on any atom is -0.508 e. The Morgan fingerprint density at radius 2 is 1.75 bits per heavy atom. The maximum absolute atomic E-state index is 12.3. The molecular weight excluding hydrogens is 256 g/mol. The molecule has 0 saturated heterocycles. The number of ketones is 3. The van der Waals surface area contributed by atoms with Gasteiger partial charge in [0.25, 0.3) is 0 Å². The van der Waals surface area contributed by atoms with E-state index in [9.17, 15) is 19.5 Å². The molecule has 3 aliphatic rings. The highest BCUT2D eigenvalue weighted by atomic mass is 16.3. The van der Waals surface area contributed by atoms with Crippen molar-refractivity contribution >= 4 is 17.3 Å². The lowest BCUT2D eigenvalue weighted by molar-refractivity contribution is -0.140. The fourth-order valence-corrected chi connectivity index (χ4v) is 3.99. The van der Waals surface area contributed by atoms with Crippen LogP contribution in [0.15, 0.2) is 18.2 Å². The summed E-state index contributed by atoms with van der Waals surface area (Å²) in [5.74, 6) is -1.85. The van der Waals surface area contributed by atoms with Crippen LogP contribution in [-0.2, 0) is 14.4 Å². The van der Waals surface area contributed by atoms with Gasteiger partial charge in [-0.2, -0.15) is 0 Å². The number of Topliss-reactive ketones (excluding diaryl/α,β-unsaturated/α-hetero) is 3. The van der Waals surface area contributed by atoms with Crippen LogP contribution in [0.5, 0.6) is 5.75 Å². The number of phenolic OH excluding ortho intramolecular Hbond substituents is 1. The summed E-state index contributed by atoms with van der Waals surface area (Å²) in [4.78, 5) is 36.2. The van der Waals surface area contributed by atoms with Crippen LogP contribution < -0.4 is 0 Å². The van der Waals surface area contributed by atoms with Gasteiger partial charge >= 0.3 is 0 Å². The third-order valence-corrected chi connectivity index (χ3v) is 4.69. The van der Waals surface area contributed by atoms with Gasteiger partial charge in [0, 0.05) is 24.2 Å². The number of aromatic hydroxyl groups is 1. The summed E-state index contributed by atoms with van der Waals surface area (Å²) in [5.41, 5.74) is 1.66. The van der Waals surface area contributed by atoms with Crippen molar-refractivity contribution in [2.75, 3.05) is 0 Å². The monoisotopic (exact) mass is 272 g/mol. The van der Waals surface area contributed by atoms with Crippen molar-refractivity contribution in [1.29, 1.82) is 0 Å². The molecule has 4 rings (SSSR count). The Hall–Kier alpha value is -1.97. The van der Waals surface area contributed by atoms with Crippen LogP contribution in [0.1, 0.15) is 43.2 Å². The Kier molecular flexibility index (Phi) is 2.78. The van der Waals surface area contributed by atoms with Crippen LogP contribution in [0.3, 0.4) is 0 Å². The van der Waals surface area contributed by atoms with Gasteiger partial charge < -0.3 is 5.11 Å². The predicted molar refractivity (Wildman–Crippen MR) is 71.6 cm³/mol. The molecule has 0 amide bonds. The summed E-state index contributed by atoms with van der Waals surface area (Å²) < 4.78 is 0. The Bertz CT molecular complexity index is 631. The second-order valence-corrected chi connectivity index (χ2v) is 5.84. The first-order valence-electron chi connectivity index (χ1n) is 6.78. The van der Waals surface area contributed by atoms with Crippen molar-refractivity contribution in [2.45, 2.75) is 32.1 Å². The highest BCUT2D eigenvalue weighted by Gasteiger charge is 2.54. The zero-order valence-electron chi connectivity index (χ0n) is 11.4. The second kappa shape index (κ2) is 4.27. The summed E-state index contributed by atoms with van der Waals surface area (Å²) in [6.45, 7) is 2.93. The number of rotatable bonds is 2. The van der Waals surface area contributed by atoms with E-state index >= 15 is 0 Å². The van der Waals surface area contributed by atoms with E-state index in [0.717, 1.165) is 11.1 Å². The van der Waals surface area contributed by atoms with Crippen molar-refractivity contribution in [1.82, 2.24) is 0 Å². The average Bonchev–Trinajstić information content (AvgIpc) is 2.36. The van der Waals surface area contributed by atoms with Crippen LogP contribution in [0.4, 0.5) is 0 Å². The summed E-state index contributed by atoms with van der Waals surface area (Å²) in [5, 5.41) is 9.64. The van der Waals surface area contributed by atoms with Gasteiger partial charge in [-0.3, -0.25) is 14.4 Å². The molecule has 0 aromatic heterocycles. The van der Waals surface area contributed by atoms with E-state index in [0.29, 0.717) is 6.42 Å². The van der Waals surface area contributed by atoms with E-state index < -0.39 is 17.8 Å². The van der Waals surface area contributed by atoms with Crippen molar-refractivity contribution in [2.24, 2.45) is 11.8 Å². The molecule has 0 heterocycles. The normalized spacial score (nSPS) is 31.0. The summed E-state index contributed by atoms with van der Waals surface area (Å²) in [6, 6.07) is 4.92. The smallest absolute Gasteiger partial charge is 0.141 e. The van der Waals surface area contributed by atoms with Crippen molar-refractivity contribution in [3.8, 4) is 5.75 Å². The molecule has 0 aliphatic heterocycles. The van der Waals surface area contributed by atoms with Gasteiger partial charge in [-0.25, -0.2) is 0 Å². The van der Waals surface area contributed by atoms with Gasteiger partial charge in [-0.1, -0.05) is 6.07 Å². The number of benzene rings is 1. The topological polar surface area (TPSA) is 71.4 Å². The van der Waals surface area contributed by atoms with E-state index in [-0.39, 0.29) is 29.0 Å². The first kappa shape index (κ1) is 13.0. The highest BCUT2D eigenvalue weighted by molar-refractivity contribution is 6.01. The Morgan fingerprint density at radius 1 is 1.10 bits per heavy atom. The minimum absolute atomic E-state index is 0.00537. The van der Waals surface area contributed by atoms with Crippen molar-refractivity contribution in [3.63, 3.8) is 0 Å². The van der Waals surface area contributed by atoms with Gasteiger partial charge in [-0.15, -0.1) is 0 Å². The van der Waals surface area contributed by atoms with Crippen molar-refractivity contribution < 1.29 is 19.5 Å². The minimum atomic E-state index is -0.576. The molecule has 1 saturated carbocycles. The zero-order chi connectivity index (χ0) is 14.6. The molecule has 0 radical (unpaired) electrons. The lowest BCUT2D eigenvalue weighted by Gasteiger charge is -2.46. The first-order chi connectivity index (χ1) is 9.41. The van der Waals surface area contributed by atoms with Crippen LogP contribution in [-0.4, -0.2) is 22.5 Å². The quantitative estimate of drug-likeness (QED) is 0.893. The van der Waals surface area contributed by atoms with Crippen LogP contribution >= 0.6 is 0 Å². The molecule has 4 atom stereocenters. The van der Waals surface area contributed by atoms with Gasteiger partial charge in [0.2, 0.25) is 0 Å². The molecule has 1 aromatic rings. The molecule has 1 aromatic carbocycles. The van der Waals surface area contributed by atoms with Crippen LogP contribution in [0.2, 0.25) is 0 Å². The summed E-state index contributed by atoms with van der Waals surface area (Å²) in [6.07, 6.45) is 0.316. The second-order valence-electron chi connectivity index (χ2n) is 5.84. The highest BCUT2D eigenvalue weighted by Crippen LogP contribution is 2.55. The van der Waals surface area contributed by atoms with E-state index in [1.807, 2.05) is 0 Å². The Morgan fingerprint density at radius 3 is 2.35 bits per heavy atom. The number of carbonyl (C=O) groups is 3. The molecule has 4 nitrogen and oxygen atoms in total. The van der Waals surface area contributed by atoms with E-state index in [1.54, 1.807) is 18.2 Å². The fraction of sp³-hybridized carbons (Fsp3) is 0.438. The summed E-state index contributed by atoms with van der Waals surface area (Å²) in [7, 11) is 0. The fourth-order valence-electron chi connectivity index (χ4n) is 3.99. The zero-order valence-corrected chi connectivity index (χ0v) is 11.4. The molecule has 104 valence electrons. The van der Waals surface area contributed by atoms with Crippen LogP contribution in [0.25, 0.3) is 0 Å². The van der Waals surface area contributed by atoms with Crippen LogP contribution in [0, 0.1) is 11.8 Å². The van der Waals surface area contributed by atoms with E-state index in [2.05, 4.69) is 0 Å². The molecule has 0 spiro atoms. The molecular formula is C16H16O4. The molecule has 4 heteroatoms. The Labute approximate surface area is 116 Å². The average molecular weight is 272 g/mol.